The number of aromatic hydroxyl groups is 1. The maximum atomic E-state index is 13.6. The zero-order valence-corrected chi connectivity index (χ0v) is 38.6. The number of amides is 4. The molecule has 9 rings (SSSR count). The number of ether oxygens (including phenoxy) is 1. The number of aromatic nitrogens is 5. The third kappa shape index (κ3) is 10.2. The van der Waals surface area contributed by atoms with Gasteiger partial charge in [-0.25, -0.2) is 0 Å². The largest absolute Gasteiger partial charge is 0.507 e. The van der Waals surface area contributed by atoms with Crippen molar-refractivity contribution >= 4 is 52.3 Å². The van der Waals surface area contributed by atoms with Crippen molar-refractivity contribution in [1.29, 1.82) is 0 Å². The van der Waals surface area contributed by atoms with Gasteiger partial charge in [0.2, 0.25) is 11.8 Å². The summed E-state index contributed by atoms with van der Waals surface area (Å²) in [5, 5.41) is 29.5. The Morgan fingerprint density at radius 1 is 0.765 bits per heavy atom. The van der Waals surface area contributed by atoms with Gasteiger partial charge >= 0.3 is 0 Å². The summed E-state index contributed by atoms with van der Waals surface area (Å²) in [5.74, 6) is -0.755. The van der Waals surface area contributed by atoms with Crippen LogP contribution in [0, 0.1) is 0 Å². The molecule has 2 unspecified atom stereocenters. The fourth-order valence-corrected chi connectivity index (χ4v) is 9.80. The molecule has 3 saturated heterocycles. The van der Waals surface area contributed by atoms with Crippen molar-refractivity contribution in [1.82, 2.24) is 40.3 Å². The number of piperidine rings is 2. The number of nitrogens with zero attached hydrogens (tertiary/aromatic N) is 10. The highest BCUT2D eigenvalue weighted by Crippen LogP contribution is 2.37. The number of carbonyl (C=O) groups excluding carboxylic acids is 4. The van der Waals surface area contributed by atoms with Crippen LogP contribution in [0.15, 0.2) is 79.0 Å². The van der Waals surface area contributed by atoms with Crippen LogP contribution in [0.25, 0.3) is 11.3 Å². The van der Waals surface area contributed by atoms with Gasteiger partial charge in [0.25, 0.3) is 11.8 Å². The van der Waals surface area contributed by atoms with Gasteiger partial charge in [-0.1, -0.05) is 55.5 Å². The van der Waals surface area contributed by atoms with Crippen molar-refractivity contribution < 1.29 is 29.0 Å². The Labute approximate surface area is 396 Å². The summed E-state index contributed by atoms with van der Waals surface area (Å²) in [7, 11) is 1.78. The molecule has 0 spiro atoms. The smallest absolute Gasteiger partial charge is 0.264 e. The highest BCUT2D eigenvalue weighted by Gasteiger charge is 2.46. The van der Waals surface area contributed by atoms with Gasteiger partial charge in [-0.15, -0.1) is 15.3 Å². The van der Waals surface area contributed by atoms with Crippen LogP contribution in [0.3, 0.4) is 0 Å². The molecule has 0 bridgehead atoms. The monoisotopic (exact) mass is 924 g/mol. The van der Waals surface area contributed by atoms with E-state index in [4.69, 9.17) is 10.5 Å². The first-order valence-electron chi connectivity index (χ1n) is 24.0. The number of hydrogen-bond donors (Lipinski definition) is 3. The fraction of sp³-hybridized carbons (Fsp3) is 0.440. The van der Waals surface area contributed by atoms with E-state index in [1.54, 1.807) is 54.4 Å². The van der Waals surface area contributed by atoms with Crippen molar-refractivity contribution in [3.05, 3.63) is 90.1 Å². The van der Waals surface area contributed by atoms with E-state index in [9.17, 15) is 24.3 Å². The maximum Gasteiger partial charge on any atom is 0.264 e. The van der Waals surface area contributed by atoms with Gasteiger partial charge in [0.05, 0.1) is 29.6 Å². The molecule has 0 saturated carbocycles. The van der Waals surface area contributed by atoms with Crippen LogP contribution in [-0.4, -0.2) is 129 Å². The SMILES string of the molecule is CN(c1cn(CCCCCCCCCN2CCN(c3ccc(N4CCCC(Oc5cc(-c6ccccc6O)nnc5N)C4)cc3)CC2)nn1)c1cccc2c1C(=O)N(C1CCC(=O)NC1=O)C2=O. The normalized spacial score (nSPS) is 18.8. The quantitative estimate of drug-likeness (QED) is 0.0702. The molecule has 2 atom stereocenters. The third-order valence-corrected chi connectivity index (χ3v) is 13.6. The number of rotatable bonds is 18. The lowest BCUT2D eigenvalue weighted by Gasteiger charge is -2.37. The van der Waals surface area contributed by atoms with Crippen molar-refractivity contribution in [3.8, 4) is 22.8 Å². The van der Waals surface area contributed by atoms with E-state index in [0.717, 1.165) is 82.9 Å². The number of anilines is 5. The molecule has 4 aliphatic rings. The lowest BCUT2D eigenvalue weighted by molar-refractivity contribution is -0.136. The van der Waals surface area contributed by atoms with Crippen LogP contribution >= 0.6 is 0 Å². The standard InChI is InChI=1S/C50H60N12O6/c1-57(40-16-11-15-38-46(40)50(67)62(49(38)66)41-22-23-45(64)52-48(41)65)44-33-61(56-54-44)26-10-6-4-2-3-5-9-24-58-27-29-59(30-28-58)34-18-20-35(21-19-34)60-25-12-13-36(32-60)68-43-31-39(53-55-47(43)51)37-14-7-8-17-42(37)63/h7-8,11,14-21,31,33,36,41,63H,2-6,9-10,12-13,22-30,32H2,1H3,(H2,51,55)(H,52,64,65). The molecule has 6 heterocycles. The Balaban J connectivity index is 0.645. The van der Waals surface area contributed by atoms with Crippen LogP contribution in [0.2, 0.25) is 0 Å². The minimum atomic E-state index is -1.03. The van der Waals surface area contributed by atoms with Crippen molar-refractivity contribution in [2.24, 2.45) is 0 Å². The summed E-state index contributed by atoms with van der Waals surface area (Å²) in [6.45, 7) is 7.75. The minimum Gasteiger partial charge on any atom is -0.507 e. The van der Waals surface area contributed by atoms with Crippen molar-refractivity contribution in [2.75, 3.05) is 73.3 Å². The third-order valence-electron chi connectivity index (χ3n) is 13.6. The molecular formula is C50H60N12O6. The average molecular weight is 925 g/mol. The minimum absolute atomic E-state index is 0.0522. The first-order valence-corrected chi connectivity index (χ1v) is 24.0. The van der Waals surface area contributed by atoms with Gasteiger partial charge < -0.3 is 30.3 Å². The van der Waals surface area contributed by atoms with Crippen LogP contribution in [0.5, 0.6) is 11.5 Å². The fourth-order valence-electron chi connectivity index (χ4n) is 9.80. The molecule has 4 aliphatic heterocycles. The number of nitrogen functional groups attached to an aromatic ring is 1. The summed E-state index contributed by atoms with van der Waals surface area (Å²) in [5.41, 5.74) is 10.7. The zero-order valence-electron chi connectivity index (χ0n) is 38.6. The topological polar surface area (TPSA) is 208 Å². The first kappa shape index (κ1) is 46.0. The number of phenolic OH excluding ortho intramolecular Hbond substituents is 1. The summed E-state index contributed by atoms with van der Waals surface area (Å²) < 4.78 is 8.20. The van der Waals surface area contributed by atoms with E-state index in [0.29, 0.717) is 28.5 Å². The van der Waals surface area contributed by atoms with Gasteiger partial charge in [-0.3, -0.25) is 39.0 Å². The Morgan fingerprint density at radius 3 is 2.22 bits per heavy atom. The van der Waals surface area contributed by atoms with Crippen LogP contribution in [-0.2, 0) is 16.1 Å². The van der Waals surface area contributed by atoms with Gasteiger partial charge in [0, 0.05) is 75.7 Å². The number of para-hydroxylation sites is 1. The molecule has 4 N–H and O–H groups in total. The van der Waals surface area contributed by atoms with Gasteiger partial charge in [0.15, 0.2) is 17.4 Å². The molecule has 5 aromatic rings. The molecule has 18 nitrogen and oxygen atoms in total. The summed E-state index contributed by atoms with van der Waals surface area (Å²) in [6, 6.07) is 21.7. The maximum absolute atomic E-state index is 13.6. The Bertz CT molecular complexity index is 2610. The van der Waals surface area contributed by atoms with Gasteiger partial charge in [-0.2, -0.15) is 0 Å². The van der Waals surface area contributed by atoms with E-state index in [-0.39, 0.29) is 41.6 Å². The zero-order chi connectivity index (χ0) is 47.1. The number of benzene rings is 3. The molecule has 68 heavy (non-hydrogen) atoms. The lowest BCUT2D eigenvalue weighted by Crippen LogP contribution is -2.54. The number of unbranched alkanes of at least 4 members (excludes halogenated alkanes) is 6. The number of imide groups is 2. The van der Waals surface area contributed by atoms with Crippen molar-refractivity contribution in [2.45, 2.75) is 89.3 Å². The molecule has 3 fully saturated rings. The Hall–Kier alpha value is -7.08. The predicted octanol–water partition coefficient (Wildman–Crippen LogP) is 5.79. The number of phenols is 1. The molecular weight excluding hydrogens is 865 g/mol. The summed E-state index contributed by atoms with van der Waals surface area (Å²) in [6.07, 6.45) is 12.0. The number of nitrogens with two attached hydrogens (primary N) is 1. The van der Waals surface area contributed by atoms with E-state index in [1.165, 1.54) is 43.5 Å². The highest BCUT2D eigenvalue weighted by atomic mass is 16.5. The van der Waals surface area contributed by atoms with E-state index in [1.807, 2.05) is 16.9 Å². The predicted molar refractivity (Wildman–Crippen MR) is 258 cm³/mol. The number of carbonyl (C=O) groups is 4. The van der Waals surface area contributed by atoms with E-state index >= 15 is 0 Å². The van der Waals surface area contributed by atoms with Crippen LogP contribution in [0.4, 0.5) is 28.7 Å². The van der Waals surface area contributed by atoms with Crippen LogP contribution in [0.1, 0.15) is 91.3 Å². The van der Waals surface area contributed by atoms with Gasteiger partial charge in [0.1, 0.15) is 23.6 Å². The summed E-state index contributed by atoms with van der Waals surface area (Å²) in [4.78, 5) is 61.3. The molecule has 0 aliphatic carbocycles. The molecule has 356 valence electrons. The Kier molecular flexibility index (Phi) is 14.1. The second-order valence-electron chi connectivity index (χ2n) is 18.2. The van der Waals surface area contributed by atoms with Gasteiger partial charge in [-0.05, 0) is 87.2 Å². The number of nitrogens with one attached hydrogen (secondary N) is 1. The number of piperazine rings is 1. The first-order chi connectivity index (χ1) is 33.1. The number of fused-ring (bicyclic) bond motifs is 1. The molecule has 2 aromatic heterocycles. The number of aryl methyl sites for hydroxylation is 1. The molecule has 4 amide bonds. The summed E-state index contributed by atoms with van der Waals surface area (Å²) >= 11 is 0. The van der Waals surface area contributed by atoms with E-state index in [2.05, 4.69) is 64.8 Å². The van der Waals surface area contributed by atoms with Crippen molar-refractivity contribution in [3.63, 3.8) is 0 Å². The second kappa shape index (κ2) is 20.8. The molecule has 18 heteroatoms. The lowest BCUT2D eigenvalue weighted by atomic mass is 10.0. The molecule has 3 aromatic carbocycles. The second-order valence-corrected chi connectivity index (χ2v) is 18.2. The molecule has 0 radical (unpaired) electrons. The van der Waals surface area contributed by atoms with E-state index < -0.39 is 29.7 Å². The van der Waals surface area contributed by atoms with Crippen LogP contribution < -0.4 is 30.5 Å². The highest BCUT2D eigenvalue weighted by molar-refractivity contribution is 6.25. The number of hydrogen-bond acceptors (Lipinski definition) is 15. The average Bonchev–Trinajstić information content (AvgIpc) is 3.93. The Morgan fingerprint density at radius 2 is 1.47 bits per heavy atom.